The van der Waals surface area contributed by atoms with Gasteiger partial charge in [-0.15, -0.1) is 0 Å². The quantitative estimate of drug-likeness (QED) is 0.793. The zero-order valence-electron chi connectivity index (χ0n) is 9.17. The summed E-state index contributed by atoms with van der Waals surface area (Å²) in [4.78, 5) is 4.01. The largest absolute Gasteiger partial charge is 0.490 e. The van der Waals surface area contributed by atoms with Gasteiger partial charge in [-0.25, -0.2) is 0 Å². The number of pyridine rings is 1. The van der Waals surface area contributed by atoms with Gasteiger partial charge < -0.3 is 9.47 Å². The molecule has 0 spiro atoms. The van der Waals surface area contributed by atoms with E-state index in [4.69, 9.17) is 9.47 Å². The van der Waals surface area contributed by atoms with Crippen molar-refractivity contribution in [3.05, 3.63) is 53.3 Å². The first-order valence-corrected chi connectivity index (χ1v) is 6.05. The van der Waals surface area contributed by atoms with Crippen molar-refractivity contribution in [2.45, 2.75) is 0 Å². The first kappa shape index (κ1) is 11.9. The molecule has 0 unspecified atom stereocenters. The average Bonchev–Trinajstić information content (AvgIpc) is 2.36. The van der Waals surface area contributed by atoms with Crippen LogP contribution >= 0.6 is 15.9 Å². The van der Waals surface area contributed by atoms with E-state index in [0.717, 1.165) is 16.0 Å². The Balaban J connectivity index is 1.73. The third-order valence-corrected chi connectivity index (χ3v) is 2.48. The molecule has 0 saturated heterocycles. The molecule has 17 heavy (non-hydrogen) atoms. The van der Waals surface area contributed by atoms with E-state index in [1.54, 1.807) is 12.4 Å². The van der Waals surface area contributed by atoms with Crippen LogP contribution in [0.3, 0.4) is 0 Å². The molecule has 4 heteroatoms. The van der Waals surface area contributed by atoms with E-state index in [-0.39, 0.29) is 0 Å². The van der Waals surface area contributed by atoms with Crippen molar-refractivity contribution >= 4 is 15.9 Å². The number of hydrogen-bond acceptors (Lipinski definition) is 3. The summed E-state index contributed by atoms with van der Waals surface area (Å²) in [5, 5.41) is 0. The number of para-hydroxylation sites is 1. The van der Waals surface area contributed by atoms with Crippen LogP contribution in [0.15, 0.2) is 53.3 Å². The predicted molar refractivity (Wildman–Crippen MR) is 69.4 cm³/mol. The van der Waals surface area contributed by atoms with Gasteiger partial charge in [-0.2, -0.15) is 0 Å². The summed E-state index contributed by atoms with van der Waals surface area (Å²) in [5.41, 5.74) is 0. The van der Waals surface area contributed by atoms with Crippen LogP contribution in [-0.2, 0) is 0 Å². The number of halogens is 1. The molecule has 0 radical (unpaired) electrons. The van der Waals surface area contributed by atoms with Crippen molar-refractivity contribution in [2.75, 3.05) is 13.2 Å². The van der Waals surface area contributed by atoms with Gasteiger partial charge in [0, 0.05) is 10.7 Å². The Morgan fingerprint density at radius 1 is 0.941 bits per heavy atom. The van der Waals surface area contributed by atoms with Crippen LogP contribution < -0.4 is 9.47 Å². The Morgan fingerprint density at radius 2 is 1.65 bits per heavy atom. The van der Waals surface area contributed by atoms with Crippen molar-refractivity contribution in [2.24, 2.45) is 0 Å². The summed E-state index contributed by atoms with van der Waals surface area (Å²) in [6.45, 7) is 1.00. The van der Waals surface area contributed by atoms with Gasteiger partial charge >= 0.3 is 0 Å². The van der Waals surface area contributed by atoms with Crippen LogP contribution in [0.5, 0.6) is 11.5 Å². The smallest absolute Gasteiger partial charge is 0.138 e. The van der Waals surface area contributed by atoms with Crippen LogP contribution in [0, 0.1) is 0 Å². The molecule has 0 atom stereocenters. The molecular formula is C13H12BrNO2. The molecule has 0 fully saturated rings. The van der Waals surface area contributed by atoms with Crippen LogP contribution in [0.4, 0.5) is 0 Å². The number of ether oxygens (including phenoxy) is 2. The molecule has 2 rings (SSSR count). The van der Waals surface area contributed by atoms with Crippen LogP contribution in [0.25, 0.3) is 0 Å². The molecule has 0 aliphatic heterocycles. The summed E-state index contributed by atoms with van der Waals surface area (Å²) < 4.78 is 11.9. The Morgan fingerprint density at radius 3 is 2.35 bits per heavy atom. The number of hydrogen-bond donors (Lipinski definition) is 0. The highest BCUT2D eigenvalue weighted by Crippen LogP contribution is 2.15. The molecular weight excluding hydrogens is 282 g/mol. The molecule has 0 aliphatic rings. The predicted octanol–water partition coefficient (Wildman–Crippen LogP) is 3.30. The van der Waals surface area contributed by atoms with Crippen LogP contribution in [-0.4, -0.2) is 18.2 Å². The van der Waals surface area contributed by atoms with Gasteiger partial charge in [0.15, 0.2) is 0 Å². The van der Waals surface area contributed by atoms with Gasteiger partial charge in [-0.05, 0) is 34.1 Å². The van der Waals surface area contributed by atoms with Gasteiger partial charge in [0.2, 0.25) is 0 Å². The Kier molecular flexibility index (Phi) is 4.38. The monoisotopic (exact) mass is 293 g/mol. The lowest BCUT2D eigenvalue weighted by atomic mass is 10.3. The molecule has 2 aromatic rings. The van der Waals surface area contributed by atoms with E-state index < -0.39 is 0 Å². The summed E-state index contributed by atoms with van der Waals surface area (Å²) in [7, 11) is 0. The zero-order chi connectivity index (χ0) is 11.9. The van der Waals surface area contributed by atoms with E-state index >= 15 is 0 Å². The molecule has 3 nitrogen and oxygen atoms in total. The fraction of sp³-hybridized carbons (Fsp3) is 0.154. The first-order valence-electron chi connectivity index (χ1n) is 5.26. The lowest BCUT2D eigenvalue weighted by Crippen LogP contribution is -2.08. The highest BCUT2D eigenvalue weighted by Gasteiger charge is 1.96. The summed E-state index contributed by atoms with van der Waals surface area (Å²) in [6, 6.07) is 11.5. The van der Waals surface area contributed by atoms with Crippen LogP contribution in [0.1, 0.15) is 0 Å². The zero-order valence-corrected chi connectivity index (χ0v) is 10.8. The molecule has 0 bridgehead atoms. The van der Waals surface area contributed by atoms with E-state index in [9.17, 15) is 0 Å². The van der Waals surface area contributed by atoms with Crippen molar-refractivity contribution < 1.29 is 9.47 Å². The van der Waals surface area contributed by atoms with Gasteiger partial charge in [-0.1, -0.05) is 18.2 Å². The molecule has 1 aromatic carbocycles. The molecule has 0 saturated carbocycles. The number of aromatic nitrogens is 1. The van der Waals surface area contributed by atoms with Crippen molar-refractivity contribution in [3.8, 4) is 11.5 Å². The van der Waals surface area contributed by atoms with Crippen molar-refractivity contribution in [3.63, 3.8) is 0 Å². The molecule has 88 valence electrons. The Bertz CT molecular complexity index is 462. The molecule has 1 aromatic heterocycles. The minimum absolute atomic E-state index is 0.493. The SMILES string of the molecule is Brc1cncc(OCCOc2ccccc2)c1. The Hall–Kier alpha value is -1.55. The van der Waals surface area contributed by atoms with E-state index in [1.165, 1.54) is 0 Å². The fourth-order valence-electron chi connectivity index (χ4n) is 1.31. The minimum Gasteiger partial charge on any atom is -0.490 e. The summed E-state index contributed by atoms with van der Waals surface area (Å²) in [6.07, 6.45) is 3.39. The van der Waals surface area contributed by atoms with E-state index in [0.29, 0.717) is 13.2 Å². The maximum Gasteiger partial charge on any atom is 0.138 e. The molecule has 0 aliphatic carbocycles. The molecule has 1 heterocycles. The fourth-order valence-corrected chi connectivity index (χ4v) is 1.65. The second-order valence-electron chi connectivity index (χ2n) is 3.35. The molecule has 0 N–H and O–H groups in total. The van der Waals surface area contributed by atoms with Crippen molar-refractivity contribution in [1.29, 1.82) is 0 Å². The highest BCUT2D eigenvalue weighted by molar-refractivity contribution is 9.10. The second kappa shape index (κ2) is 6.25. The van der Waals surface area contributed by atoms with E-state index in [2.05, 4.69) is 20.9 Å². The van der Waals surface area contributed by atoms with Gasteiger partial charge in [0.1, 0.15) is 24.7 Å². The maximum atomic E-state index is 5.50. The molecule has 0 amide bonds. The lowest BCUT2D eigenvalue weighted by Gasteiger charge is -2.07. The van der Waals surface area contributed by atoms with E-state index in [1.807, 2.05) is 36.4 Å². The number of nitrogens with zero attached hydrogens (tertiary/aromatic N) is 1. The Labute approximate surface area is 109 Å². The highest BCUT2D eigenvalue weighted by atomic mass is 79.9. The lowest BCUT2D eigenvalue weighted by molar-refractivity contribution is 0.216. The minimum atomic E-state index is 0.493. The van der Waals surface area contributed by atoms with Crippen LogP contribution in [0.2, 0.25) is 0 Å². The normalized spacial score (nSPS) is 9.94. The topological polar surface area (TPSA) is 31.4 Å². The van der Waals surface area contributed by atoms with Gasteiger partial charge in [0.25, 0.3) is 0 Å². The first-order chi connectivity index (χ1) is 8.34. The third kappa shape index (κ3) is 4.07. The number of benzene rings is 1. The maximum absolute atomic E-state index is 5.50. The summed E-state index contributed by atoms with van der Waals surface area (Å²) >= 11 is 3.33. The van der Waals surface area contributed by atoms with Gasteiger partial charge in [-0.3, -0.25) is 4.98 Å². The second-order valence-corrected chi connectivity index (χ2v) is 4.26. The third-order valence-electron chi connectivity index (χ3n) is 2.04. The van der Waals surface area contributed by atoms with Gasteiger partial charge in [0.05, 0.1) is 6.20 Å². The average molecular weight is 294 g/mol. The standard InChI is InChI=1S/C13H12BrNO2/c14-11-8-13(10-15-9-11)17-7-6-16-12-4-2-1-3-5-12/h1-5,8-10H,6-7H2. The number of rotatable bonds is 5. The summed E-state index contributed by atoms with van der Waals surface area (Å²) in [5.74, 6) is 1.58. The van der Waals surface area contributed by atoms with Crippen molar-refractivity contribution in [1.82, 2.24) is 4.98 Å².